The molecule has 0 amide bonds. The highest BCUT2D eigenvalue weighted by molar-refractivity contribution is 7.98. The lowest BCUT2D eigenvalue weighted by atomic mass is 10.1. The van der Waals surface area contributed by atoms with Gasteiger partial charge in [-0.3, -0.25) is 4.79 Å². The summed E-state index contributed by atoms with van der Waals surface area (Å²) in [5, 5.41) is 10.9. The molecule has 2 aromatic heterocycles. The molecule has 0 saturated carbocycles. The molecule has 0 aliphatic heterocycles. The monoisotopic (exact) mass is 386 g/mol. The third-order valence-electron chi connectivity index (χ3n) is 4.72. The predicted octanol–water partition coefficient (Wildman–Crippen LogP) is 4.34. The van der Waals surface area contributed by atoms with Crippen LogP contribution in [-0.4, -0.2) is 20.8 Å². The number of nitriles is 1. The van der Waals surface area contributed by atoms with E-state index in [9.17, 15) is 10.1 Å². The summed E-state index contributed by atoms with van der Waals surface area (Å²) in [7, 11) is 0. The Balaban J connectivity index is 1.76. The van der Waals surface area contributed by atoms with Crippen LogP contribution in [0.3, 0.4) is 0 Å². The fourth-order valence-corrected chi connectivity index (χ4v) is 3.61. The fraction of sp³-hybridized carbons (Fsp3) is 0.136. The Morgan fingerprint density at radius 1 is 1.18 bits per heavy atom. The highest BCUT2D eigenvalue weighted by Crippen LogP contribution is 2.26. The summed E-state index contributed by atoms with van der Waals surface area (Å²) < 4.78 is 2.19. The van der Waals surface area contributed by atoms with Crippen LogP contribution in [0.15, 0.2) is 64.7 Å². The van der Waals surface area contributed by atoms with Gasteiger partial charge in [0.25, 0.3) is 5.56 Å². The number of thioether (sulfide) groups is 1. The van der Waals surface area contributed by atoms with Gasteiger partial charge in [0.15, 0.2) is 5.16 Å². The predicted molar refractivity (Wildman–Crippen MR) is 113 cm³/mol. The maximum atomic E-state index is 12.2. The first-order chi connectivity index (χ1) is 13.6. The van der Waals surface area contributed by atoms with Crippen molar-refractivity contribution in [1.82, 2.24) is 14.5 Å². The largest absolute Gasteiger partial charge is 0.343 e. The van der Waals surface area contributed by atoms with Gasteiger partial charge in [-0.2, -0.15) is 5.26 Å². The molecule has 2 aromatic carbocycles. The summed E-state index contributed by atoms with van der Waals surface area (Å²) in [5.74, 6) is 0. The number of hydrogen-bond donors (Lipinski definition) is 1. The van der Waals surface area contributed by atoms with Crippen LogP contribution in [0.2, 0.25) is 0 Å². The van der Waals surface area contributed by atoms with Gasteiger partial charge in [-0.1, -0.05) is 47.7 Å². The molecule has 1 N–H and O–H groups in total. The lowest BCUT2D eigenvalue weighted by molar-refractivity contribution is 0.836. The maximum absolute atomic E-state index is 12.2. The van der Waals surface area contributed by atoms with E-state index in [2.05, 4.69) is 51.9 Å². The van der Waals surface area contributed by atoms with E-state index in [1.165, 1.54) is 22.9 Å². The minimum absolute atomic E-state index is 0.0382. The van der Waals surface area contributed by atoms with Gasteiger partial charge in [0.1, 0.15) is 11.6 Å². The third-order valence-corrected chi connectivity index (χ3v) is 5.30. The number of rotatable bonds is 4. The van der Waals surface area contributed by atoms with Crippen molar-refractivity contribution in [3.63, 3.8) is 0 Å². The summed E-state index contributed by atoms with van der Waals surface area (Å²) in [6.07, 6.45) is 3.89. The van der Waals surface area contributed by atoms with Gasteiger partial charge < -0.3 is 9.55 Å². The second kappa shape index (κ2) is 7.37. The molecule has 0 saturated heterocycles. The molecule has 2 heterocycles. The Morgan fingerprint density at radius 3 is 2.68 bits per heavy atom. The topological polar surface area (TPSA) is 74.5 Å². The van der Waals surface area contributed by atoms with Crippen molar-refractivity contribution in [2.24, 2.45) is 0 Å². The Morgan fingerprint density at radius 2 is 1.96 bits per heavy atom. The summed E-state index contributed by atoms with van der Waals surface area (Å²) in [5.41, 5.74) is 4.39. The van der Waals surface area contributed by atoms with Crippen LogP contribution in [0.1, 0.15) is 16.7 Å². The quantitative estimate of drug-likeness (QED) is 0.418. The molecule has 4 aromatic rings. The van der Waals surface area contributed by atoms with Crippen molar-refractivity contribution < 1.29 is 0 Å². The number of H-pyrrole nitrogens is 1. The smallest absolute Gasteiger partial charge is 0.270 e. The second-order valence-electron chi connectivity index (χ2n) is 6.61. The number of nitrogens with zero attached hydrogens (tertiary/aromatic N) is 3. The number of hydrogen-bond acceptors (Lipinski definition) is 4. The van der Waals surface area contributed by atoms with Crippen LogP contribution in [-0.2, 0) is 6.54 Å². The minimum atomic E-state index is -0.408. The molecule has 0 aliphatic rings. The summed E-state index contributed by atoms with van der Waals surface area (Å²) in [6.45, 7) is 2.86. The first-order valence-corrected chi connectivity index (χ1v) is 10.0. The molecule has 0 spiro atoms. The van der Waals surface area contributed by atoms with E-state index in [0.29, 0.717) is 10.9 Å². The van der Waals surface area contributed by atoms with E-state index < -0.39 is 5.56 Å². The standard InChI is InChI=1S/C22H18N4OS/c1-14-3-5-15(6-4-14)13-26-10-9-16-11-17(7-8-19(16)26)20-18(12-23)21(27)25-22(24-20)28-2/h3-11H,13H2,1-2H3,(H,24,25,27). The second-order valence-corrected chi connectivity index (χ2v) is 7.41. The van der Waals surface area contributed by atoms with Crippen molar-refractivity contribution >= 4 is 22.7 Å². The average molecular weight is 386 g/mol. The van der Waals surface area contributed by atoms with Crippen molar-refractivity contribution in [3.05, 3.63) is 81.8 Å². The van der Waals surface area contributed by atoms with Crippen LogP contribution in [0.25, 0.3) is 22.2 Å². The number of fused-ring (bicyclic) bond motifs is 1. The molecule has 5 nitrogen and oxygen atoms in total. The summed E-state index contributed by atoms with van der Waals surface area (Å²) in [4.78, 5) is 19.3. The average Bonchev–Trinajstić information content (AvgIpc) is 3.11. The first kappa shape index (κ1) is 18.1. The normalized spacial score (nSPS) is 10.9. The lowest BCUT2D eigenvalue weighted by Crippen LogP contribution is -2.14. The number of aryl methyl sites for hydroxylation is 1. The van der Waals surface area contributed by atoms with E-state index in [4.69, 9.17) is 0 Å². The van der Waals surface area contributed by atoms with Gasteiger partial charge in [0.2, 0.25) is 0 Å². The fourth-order valence-electron chi connectivity index (χ4n) is 3.24. The zero-order chi connectivity index (χ0) is 19.7. The number of aromatic nitrogens is 3. The van der Waals surface area contributed by atoms with Gasteiger partial charge >= 0.3 is 0 Å². The van der Waals surface area contributed by atoms with Crippen LogP contribution in [0, 0.1) is 18.3 Å². The molecular formula is C22H18N4OS. The third kappa shape index (κ3) is 3.32. The Labute approximate surface area is 166 Å². The molecule has 0 bridgehead atoms. The summed E-state index contributed by atoms with van der Waals surface area (Å²) >= 11 is 1.34. The maximum Gasteiger partial charge on any atom is 0.270 e. The van der Waals surface area contributed by atoms with Gasteiger partial charge in [-0.15, -0.1) is 0 Å². The van der Waals surface area contributed by atoms with Crippen molar-refractivity contribution in [3.8, 4) is 17.3 Å². The molecule has 0 fully saturated rings. The van der Waals surface area contributed by atoms with Gasteiger partial charge in [-0.05, 0) is 36.9 Å². The van der Waals surface area contributed by atoms with Crippen molar-refractivity contribution in [2.45, 2.75) is 18.6 Å². The molecule has 0 aliphatic carbocycles. The highest BCUT2D eigenvalue weighted by Gasteiger charge is 2.14. The number of aromatic amines is 1. The summed E-state index contributed by atoms with van der Waals surface area (Å²) in [6, 6.07) is 18.4. The number of nitrogens with one attached hydrogen (secondary N) is 1. The molecule has 0 radical (unpaired) electrons. The molecular weight excluding hydrogens is 368 g/mol. The Hall–Kier alpha value is -3.30. The molecule has 0 unspecified atom stereocenters. The van der Waals surface area contributed by atoms with Crippen LogP contribution < -0.4 is 5.56 Å². The van der Waals surface area contributed by atoms with E-state index in [-0.39, 0.29) is 5.56 Å². The van der Waals surface area contributed by atoms with Crippen molar-refractivity contribution in [1.29, 1.82) is 5.26 Å². The van der Waals surface area contributed by atoms with Crippen molar-refractivity contribution in [2.75, 3.05) is 6.26 Å². The molecule has 28 heavy (non-hydrogen) atoms. The Kier molecular flexibility index (Phi) is 4.76. The molecule has 6 heteroatoms. The molecule has 138 valence electrons. The van der Waals surface area contributed by atoms with E-state index in [1.807, 2.05) is 36.6 Å². The van der Waals surface area contributed by atoms with Gasteiger partial charge in [-0.25, -0.2) is 4.98 Å². The SMILES string of the molecule is CSc1nc(-c2ccc3c(ccn3Cc3ccc(C)cc3)c2)c(C#N)c(=O)[nH]1. The van der Waals surface area contributed by atoms with Crippen LogP contribution >= 0.6 is 11.8 Å². The molecule has 0 atom stereocenters. The zero-order valence-electron chi connectivity index (χ0n) is 15.6. The first-order valence-electron chi connectivity index (χ1n) is 8.82. The van der Waals surface area contributed by atoms with Gasteiger partial charge in [0.05, 0.1) is 5.69 Å². The Bertz CT molecular complexity index is 1260. The molecule has 4 rings (SSSR count). The van der Waals surface area contributed by atoms with E-state index in [1.54, 1.807) is 0 Å². The minimum Gasteiger partial charge on any atom is -0.343 e. The highest BCUT2D eigenvalue weighted by atomic mass is 32.2. The number of benzene rings is 2. The van der Waals surface area contributed by atoms with E-state index >= 15 is 0 Å². The lowest BCUT2D eigenvalue weighted by Gasteiger charge is -2.08. The van der Waals surface area contributed by atoms with Crippen LogP contribution in [0.5, 0.6) is 0 Å². The zero-order valence-corrected chi connectivity index (χ0v) is 16.4. The van der Waals surface area contributed by atoms with Gasteiger partial charge in [0, 0.05) is 29.2 Å². The van der Waals surface area contributed by atoms with E-state index in [0.717, 1.165) is 23.0 Å². The van der Waals surface area contributed by atoms with Crippen LogP contribution in [0.4, 0.5) is 0 Å².